The van der Waals surface area contributed by atoms with Crippen LogP contribution in [0.5, 0.6) is 0 Å². The summed E-state index contributed by atoms with van der Waals surface area (Å²) in [5.74, 6) is -1.06. The van der Waals surface area contributed by atoms with E-state index in [0.717, 1.165) is 0 Å². The Labute approximate surface area is 105 Å². The topological polar surface area (TPSA) is 82.5 Å². The number of ketones is 1. The van der Waals surface area contributed by atoms with Crippen LogP contribution in [0.1, 0.15) is 10.5 Å². The zero-order valence-electron chi connectivity index (χ0n) is 9.87. The van der Waals surface area contributed by atoms with E-state index in [4.69, 9.17) is 5.11 Å². The minimum Gasteiger partial charge on any atom is -0.480 e. The van der Waals surface area contributed by atoms with Crippen molar-refractivity contribution in [3.8, 4) is 0 Å². The SMILES string of the molecule is O=C(CN1CCNC[C@H]1C(=O)O)c1ccccn1. The molecule has 0 aromatic carbocycles. The molecule has 0 aliphatic carbocycles. The van der Waals surface area contributed by atoms with Gasteiger partial charge in [0, 0.05) is 25.8 Å². The zero-order chi connectivity index (χ0) is 13.0. The van der Waals surface area contributed by atoms with Gasteiger partial charge in [-0.25, -0.2) is 0 Å². The summed E-state index contributed by atoms with van der Waals surface area (Å²) >= 11 is 0. The number of pyridine rings is 1. The van der Waals surface area contributed by atoms with Crippen LogP contribution in [0.4, 0.5) is 0 Å². The molecule has 1 aromatic rings. The quantitative estimate of drug-likeness (QED) is 0.708. The van der Waals surface area contributed by atoms with Crippen molar-refractivity contribution in [3.63, 3.8) is 0 Å². The van der Waals surface area contributed by atoms with Crippen LogP contribution in [-0.2, 0) is 4.79 Å². The Morgan fingerprint density at radius 3 is 3.00 bits per heavy atom. The van der Waals surface area contributed by atoms with Gasteiger partial charge in [0.2, 0.25) is 0 Å². The Bertz CT molecular complexity index is 435. The second kappa shape index (κ2) is 5.70. The van der Waals surface area contributed by atoms with Crippen molar-refractivity contribution < 1.29 is 14.7 Å². The van der Waals surface area contributed by atoms with Crippen LogP contribution in [0, 0.1) is 0 Å². The van der Waals surface area contributed by atoms with E-state index in [9.17, 15) is 9.59 Å². The molecule has 0 radical (unpaired) electrons. The molecule has 2 N–H and O–H groups in total. The van der Waals surface area contributed by atoms with Crippen molar-refractivity contribution in [2.75, 3.05) is 26.2 Å². The third kappa shape index (κ3) is 2.91. The van der Waals surface area contributed by atoms with Gasteiger partial charge in [-0.3, -0.25) is 19.5 Å². The third-order valence-electron chi connectivity index (χ3n) is 2.94. The first-order valence-electron chi connectivity index (χ1n) is 5.80. The van der Waals surface area contributed by atoms with Crippen LogP contribution < -0.4 is 5.32 Å². The van der Waals surface area contributed by atoms with Crippen LogP contribution in [0.2, 0.25) is 0 Å². The summed E-state index contributed by atoms with van der Waals surface area (Å²) in [6, 6.07) is 4.47. The van der Waals surface area contributed by atoms with Crippen LogP contribution in [0.15, 0.2) is 24.4 Å². The van der Waals surface area contributed by atoms with Crippen LogP contribution in [0.25, 0.3) is 0 Å². The van der Waals surface area contributed by atoms with Gasteiger partial charge in [0.25, 0.3) is 0 Å². The van der Waals surface area contributed by atoms with E-state index in [1.54, 1.807) is 29.3 Å². The van der Waals surface area contributed by atoms with Gasteiger partial charge in [-0.05, 0) is 12.1 Å². The molecule has 18 heavy (non-hydrogen) atoms. The average molecular weight is 249 g/mol. The number of hydrogen-bond donors (Lipinski definition) is 2. The molecular formula is C12H15N3O3. The van der Waals surface area contributed by atoms with E-state index in [1.807, 2.05) is 0 Å². The summed E-state index contributed by atoms with van der Waals surface area (Å²) < 4.78 is 0. The predicted octanol–water partition coefficient (Wildman–Crippen LogP) is -0.377. The van der Waals surface area contributed by atoms with Gasteiger partial charge < -0.3 is 10.4 Å². The van der Waals surface area contributed by atoms with Crippen molar-refractivity contribution in [1.82, 2.24) is 15.2 Å². The number of rotatable bonds is 4. The van der Waals surface area contributed by atoms with Crippen LogP contribution in [0.3, 0.4) is 0 Å². The van der Waals surface area contributed by atoms with Crippen LogP contribution in [-0.4, -0.2) is 59.0 Å². The molecule has 1 saturated heterocycles. The fourth-order valence-electron chi connectivity index (χ4n) is 1.97. The summed E-state index contributed by atoms with van der Waals surface area (Å²) in [5, 5.41) is 12.1. The summed E-state index contributed by atoms with van der Waals surface area (Å²) in [4.78, 5) is 28.7. The number of piperazine rings is 1. The Kier molecular flexibility index (Phi) is 4.01. The third-order valence-corrected chi connectivity index (χ3v) is 2.94. The van der Waals surface area contributed by atoms with Gasteiger partial charge in [-0.15, -0.1) is 0 Å². The molecule has 0 bridgehead atoms. The molecule has 1 atom stereocenters. The molecule has 6 heteroatoms. The van der Waals surface area contributed by atoms with Gasteiger partial charge in [0.05, 0.1) is 6.54 Å². The Morgan fingerprint density at radius 1 is 1.50 bits per heavy atom. The second-order valence-electron chi connectivity index (χ2n) is 4.17. The van der Waals surface area contributed by atoms with Crippen molar-refractivity contribution in [2.45, 2.75) is 6.04 Å². The summed E-state index contributed by atoms with van der Waals surface area (Å²) in [6.07, 6.45) is 1.56. The maximum Gasteiger partial charge on any atom is 0.322 e. The minimum absolute atomic E-state index is 0.0929. The molecule has 6 nitrogen and oxygen atoms in total. The Hall–Kier alpha value is -1.79. The largest absolute Gasteiger partial charge is 0.480 e. The number of Topliss-reactive ketones (excluding diaryl/α,β-unsaturated/α-hetero) is 1. The van der Waals surface area contributed by atoms with E-state index in [1.165, 1.54) is 0 Å². The highest BCUT2D eigenvalue weighted by atomic mass is 16.4. The number of aromatic nitrogens is 1. The van der Waals surface area contributed by atoms with Gasteiger partial charge in [-0.1, -0.05) is 6.07 Å². The summed E-state index contributed by atoms with van der Waals surface area (Å²) in [5.41, 5.74) is 0.375. The number of hydrogen-bond acceptors (Lipinski definition) is 5. The predicted molar refractivity (Wildman–Crippen MR) is 64.4 cm³/mol. The van der Waals surface area contributed by atoms with Gasteiger partial charge in [-0.2, -0.15) is 0 Å². The maximum absolute atomic E-state index is 12.0. The molecule has 0 amide bonds. The molecule has 2 rings (SSSR count). The zero-order valence-corrected chi connectivity index (χ0v) is 9.87. The molecule has 0 saturated carbocycles. The highest BCUT2D eigenvalue weighted by molar-refractivity contribution is 5.96. The van der Waals surface area contributed by atoms with E-state index in [-0.39, 0.29) is 12.3 Å². The number of carbonyl (C=O) groups is 2. The molecule has 0 unspecified atom stereocenters. The lowest BCUT2D eigenvalue weighted by Gasteiger charge is -2.32. The lowest BCUT2D eigenvalue weighted by atomic mass is 10.1. The lowest BCUT2D eigenvalue weighted by molar-refractivity contribution is -0.143. The molecule has 96 valence electrons. The molecule has 1 aliphatic heterocycles. The van der Waals surface area contributed by atoms with Crippen molar-refractivity contribution in [2.24, 2.45) is 0 Å². The number of nitrogens with one attached hydrogen (secondary N) is 1. The van der Waals surface area contributed by atoms with E-state index < -0.39 is 12.0 Å². The number of aliphatic carboxylic acids is 1. The molecular weight excluding hydrogens is 234 g/mol. The van der Waals surface area contributed by atoms with Crippen LogP contribution >= 0.6 is 0 Å². The monoisotopic (exact) mass is 249 g/mol. The smallest absolute Gasteiger partial charge is 0.322 e. The lowest BCUT2D eigenvalue weighted by Crippen LogP contribution is -2.56. The molecule has 0 spiro atoms. The first-order valence-corrected chi connectivity index (χ1v) is 5.80. The van der Waals surface area contributed by atoms with E-state index in [0.29, 0.717) is 25.3 Å². The Morgan fingerprint density at radius 2 is 2.33 bits per heavy atom. The van der Waals surface area contributed by atoms with E-state index >= 15 is 0 Å². The number of carboxylic acids is 1. The first-order chi connectivity index (χ1) is 8.68. The average Bonchev–Trinajstić information content (AvgIpc) is 2.40. The Balaban J connectivity index is 2.03. The van der Waals surface area contributed by atoms with Gasteiger partial charge in [0.1, 0.15) is 11.7 Å². The molecule has 1 aromatic heterocycles. The highest BCUT2D eigenvalue weighted by Crippen LogP contribution is 2.06. The number of carboxylic acid groups (broad SMARTS) is 1. The number of nitrogens with zero attached hydrogens (tertiary/aromatic N) is 2. The van der Waals surface area contributed by atoms with Crippen molar-refractivity contribution >= 4 is 11.8 Å². The minimum atomic E-state index is -0.906. The number of carbonyl (C=O) groups excluding carboxylic acids is 1. The van der Waals surface area contributed by atoms with Gasteiger partial charge >= 0.3 is 5.97 Å². The fraction of sp³-hybridized carbons (Fsp3) is 0.417. The second-order valence-corrected chi connectivity index (χ2v) is 4.17. The van der Waals surface area contributed by atoms with Crippen molar-refractivity contribution in [3.05, 3.63) is 30.1 Å². The normalized spacial score (nSPS) is 20.6. The first kappa shape index (κ1) is 12.7. The summed E-state index contributed by atoms with van der Waals surface area (Å²) in [7, 11) is 0. The summed E-state index contributed by atoms with van der Waals surface area (Å²) in [6.45, 7) is 1.70. The molecule has 1 fully saturated rings. The van der Waals surface area contributed by atoms with E-state index in [2.05, 4.69) is 10.3 Å². The van der Waals surface area contributed by atoms with Gasteiger partial charge in [0.15, 0.2) is 5.78 Å². The standard InChI is InChI=1S/C12H15N3O3/c16-11(9-3-1-2-4-14-9)8-15-6-5-13-7-10(15)12(17)18/h1-4,10,13H,5-8H2,(H,17,18)/t10-/m0/s1. The maximum atomic E-state index is 12.0. The van der Waals surface area contributed by atoms with Crippen molar-refractivity contribution in [1.29, 1.82) is 0 Å². The molecule has 1 aliphatic rings. The highest BCUT2D eigenvalue weighted by Gasteiger charge is 2.29. The molecule has 2 heterocycles. The fourth-order valence-corrected chi connectivity index (χ4v) is 1.97.